The molecule has 0 aliphatic carbocycles. The van der Waals surface area contributed by atoms with Crippen molar-refractivity contribution in [3.63, 3.8) is 0 Å². The van der Waals surface area contributed by atoms with E-state index in [1.807, 2.05) is 0 Å². The lowest BCUT2D eigenvalue weighted by Crippen LogP contribution is -2.28. The molecule has 0 bridgehead atoms. The molecule has 0 aliphatic rings. The van der Waals surface area contributed by atoms with Crippen LogP contribution in [0.15, 0.2) is 0 Å². The SMILES string of the molecule is FC(F)(F)C(F)(Cl)Cl.O=C=O. The normalized spacial score (nSPS) is 11.1. The number of carbonyl (C=O) groups excluding carboxylic acids is 2. The van der Waals surface area contributed by atoms with Crippen molar-refractivity contribution in [3.8, 4) is 0 Å². The lowest BCUT2D eigenvalue weighted by Gasteiger charge is -2.11. The summed E-state index contributed by atoms with van der Waals surface area (Å²) >= 11 is 7.97. The van der Waals surface area contributed by atoms with Gasteiger partial charge in [-0.05, 0) is 0 Å². The number of hydrogen-bond acceptors (Lipinski definition) is 2. The predicted octanol–water partition coefficient (Wildman–Crippen LogP) is 2.07. The highest BCUT2D eigenvalue weighted by atomic mass is 35.5. The van der Waals surface area contributed by atoms with Gasteiger partial charge in [-0.15, -0.1) is 0 Å². The van der Waals surface area contributed by atoms with Gasteiger partial charge in [0.25, 0.3) is 0 Å². The predicted molar refractivity (Wildman–Crippen MR) is 26.6 cm³/mol. The zero-order chi connectivity index (χ0) is 9.71. The first kappa shape index (κ1) is 13.3. The third kappa shape index (κ3) is 7.58. The molecule has 8 heteroatoms. The van der Waals surface area contributed by atoms with Crippen molar-refractivity contribution in [2.24, 2.45) is 0 Å². The van der Waals surface area contributed by atoms with E-state index in [0.717, 1.165) is 0 Å². The zero-order valence-electron chi connectivity index (χ0n) is 4.58. The topological polar surface area (TPSA) is 34.1 Å². The van der Waals surface area contributed by atoms with Crippen molar-refractivity contribution in [2.45, 2.75) is 10.8 Å². The van der Waals surface area contributed by atoms with Crippen LogP contribution in [0.4, 0.5) is 17.6 Å². The minimum absolute atomic E-state index is 0.250. The van der Waals surface area contributed by atoms with E-state index in [1.54, 1.807) is 0 Å². The first-order valence-corrected chi connectivity index (χ1v) is 2.55. The Morgan fingerprint density at radius 3 is 1.09 bits per heavy atom. The van der Waals surface area contributed by atoms with Crippen LogP contribution >= 0.6 is 23.2 Å². The second-order valence-corrected chi connectivity index (χ2v) is 2.31. The van der Waals surface area contributed by atoms with Gasteiger partial charge in [0.2, 0.25) is 0 Å². The lowest BCUT2D eigenvalue weighted by atomic mass is 10.7. The van der Waals surface area contributed by atoms with Gasteiger partial charge in [0.1, 0.15) is 0 Å². The van der Waals surface area contributed by atoms with Crippen LogP contribution in [0.2, 0.25) is 0 Å². The summed E-state index contributed by atoms with van der Waals surface area (Å²) in [7, 11) is 0. The summed E-state index contributed by atoms with van der Waals surface area (Å²) in [5.74, 6) is 0. The van der Waals surface area contributed by atoms with Crippen LogP contribution < -0.4 is 0 Å². The van der Waals surface area contributed by atoms with E-state index >= 15 is 0 Å². The molecule has 0 amide bonds. The molecule has 0 saturated carbocycles. The number of alkyl halides is 6. The zero-order valence-corrected chi connectivity index (χ0v) is 6.10. The number of hydrogen-bond donors (Lipinski definition) is 0. The van der Waals surface area contributed by atoms with Gasteiger partial charge in [0.05, 0.1) is 0 Å². The van der Waals surface area contributed by atoms with Gasteiger partial charge in [0.15, 0.2) is 0 Å². The molecule has 0 atom stereocenters. The first-order chi connectivity index (χ1) is 4.66. The molecule has 0 rings (SSSR count). The fourth-order valence-electron chi connectivity index (χ4n) is 0. The minimum atomic E-state index is -5.20. The van der Waals surface area contributed by atoms with E-state index in [-0.39, 0.29) is 6.15 Å². The molecule has 0 heterocycles. The van der Waals surface area contributed by atoms with Crippen molar-refractivity contribution in [1.29, 1.82) is 0 Å². The number of halogens is 6. The summed E-state index contributed by atoms with van der Waals surface area (Å²) in [5, 5.41) is 0. The molecule has 0 aliphatic heterocycles. The third-order valence-corrected chi connectivity index (χ3v) is 0.750. The Kier molecular flexibility index (Phi) is 5.48. The Balaban J connectivity index is 0. The summed E-state index contributed by atoms with van der Waals surface area (Å²) in [6, 6.07) is 0. The summed E-state index contributed by atoms with van der Waals surface area (Å²) in [6.45, 7) is 0. The second kappa shape index (κ2) is 4.54. The molecular formula is C3Cl2F4O2. The Bertz CT molecular complexity index is 130. The number of rotatable bonds is 0. The Hall–Kier alpha value is -0.320. The molecule has 0 aromatic heterocycles. The highest BCUT2D eigenvalue weighted by molar-refractivity contribution is 6.47. The molecule has 0 aromatic carbocycles. The molecule has 2 nitrogen and oxygen atoms in total. The summed E-state index contributed by atoms with van der Waals surface area (Å²) in [6.07, 6.45) is -4.95. The lowest BCUT2D eigenvalue weighted by molar-refractivity contribution is -0.191. The van der Waals surface area contributed by atoms with Gasteiger partial charge in [-0.2, -0.15) is 27.2 Å². The minimum Gasteiger partial charge on any atom is -0.198 e. The van der Waals surface area contributed by atoms with Crippen LogP contribution in [-0.4, -0.2) is 16.9 Å². The van der Waals surface area contributed by atoms with Crippen molar-refractivity contribution in [3.05, 3.63) is 0 Å². The Labute approximate surface area is 68.1 Å². The fourth-order valence-corrected chi connectivity index (χ4v) is 0. The molecule has 11 heavy (non-hydrogen) atoms. The van der Waals surface area contributed by atoms with Gasteiger partial charge >= 0.3 is 16.9 Å². The highest BCUT2D eigenvalue weighted by Gasteiger charge is 2.53. The first-order valence-electron chi connectivity index (χ1n) is 1.79. The van der Waals surface area contributed by atoms with Crippen molar-refractivity contribution < 1.29 is 27.2 Å². The average Bonchev–Trinajstić information content (AvgIpc) is 1.60. The van der Waals surface area contributed by atoms with Crippen molar-refractivity contribution >= 4 is 29.4 Å². The van der Waals surface area contributed by atoms with E-state index in [2.05, 4.69) is 23.2 Å². The molecule has 0 spiro atoms. The quantitative estimate of drug-likeness (QED) is 0.457. The van der Waals surface area contributed by atoms with Gasteiger partial charge in [-0.25, -0.2) is 0 Å². The van der Waals surface area contributed by atoms with E-state index in [4.69, 9.17) is 9.59 Å². The van der Waals surface area contributed by atoms with Gasteiger partial charge in [-0.3, -0.25) is 0 Å². The summed E-state index contributed by atoms with van der Waals surface area (Å²) in [4.78, 5) is 16.2. The maximum absolute atomic E-state index is 11.3. The van der Waals surface area contributed by atoms with Crippen LogP contribution in [0.1, 0.15) is 0 Å². The fraction of sp³-hybridized carbons (Fsp3) is 0.667. The summed E-state index contributed by atoms with van der Waals surface area (Å²) < 4.78 is 40.0. The molecule has 0 saturated heterocycles. The van der Waals surface area contributed by atoms with Crippen LogP contribution in [0.5, 0.6) is 0 Å². The molecule has 0 aromatic rings. The maximum Gasteiger partial charge on any atom is 0.452 e. The Morgan fingerprint density at radius 1 is 1.00 bits per heavy atom. The van der Waals surface area contributed by atoms with E-state index in [9.17, 15) is 17.6 Å². The molecule has 0 unspecified atom stereocenters. The van der Waals surface area contributed by atoms with Crippen molar-refractivity contribution in [1.82, 2.24) is 0 Å². The van der Waals surface area contributed by atoms with E-state index in [0.29, 0.717) is 0 Å². The van der Waals surface area contributed by atoms with Crippen LogP contribution in [0.3, 0.4) is 0 Å². The van der Waals surface area contributed by atoms with Crippen LogP contribution in [0.25, 0.3) is 0 Å². The smallest absolute Gasteiger partial charge is 0.198 e. The van der Waals surface area contributed by atoms with Crippen molar-refractivity contribution in [2.75, 3.05) is 0 Å². The molecule has 0 fully saturated rings. The average molecular weight is 215 g/mol. The molecule has 66 valence electrons. The second-order valence-electron chi connectivity index (χ2n) is 1.08. The molecule has 0 radical (unpaired) electrons. The third-order valence-electron chi connectivity index (χ3n) is 0.321. The van der Waals surface area contributed by atoms with Crippen LogP contribution in [-0.2, 0) is 9.59 Å². The Morgan fingerprint density at radius 2 is 1.09 bits per heavy atom. The van der Waals surface area contributed by atoms with Crippen LogP contribution in [0, 0.1) is 0 Å². The maximum atomic E-state index is 11.3. The van der Waals surface area contributed by atoms with Gasteiger partial charge in [0, 0.05) is 0 Å². The summed E-state index contributed by atoms with van der Waals surface area (Å²) in [5.41, 5.74) is 0. The largest absolute Gasteiger partial charge is 0.452 e. The van der Waals surface area contributed by atoms with Gasteiger partial charge in [-0.1, -0.05) is 23.2 Å². The van der Waals surface area contributed by atoms with E-state index in [1.165, 1.54) is 0 Å². The molecule has 0 N–H and O–H groups in total. The van der Waals surface area contributed by atoms with Gasteiger partial charge < -0.3 is 0 Å². The standard InChI is InChI=1S/C2Cl2F4.CO2/c3-1(4,5)2(6,7)8;2-1-3. The highest BCUT2D eigenvalue weighted by Crippen LogP contribution is 2.40. The molecular weight excluding hydrogens is 215 g/mol. The monoisotopic (exact) mass is 214 g/mol. The van der Waals surface area contributed by atoms with E-state index < -0.39 is 10.8 Å².